The Morgan fingerprint density at radius 1 is 1.03 bits per heavy atom. The number of hydrogen-bond donors (Lipinski definition) is 1. The second-order valence-corrected chi connectivity index (χ2v) is 8.74. The number of amides is 2. The lowest BCUT2D eigenvalue weighted by molar-refractivity contribution is -0.129. The van der Waals surface area contributed by atoms with Crippen LogP contribution in [0.4, 0.5) is 0 Å². The molecule has 2 aromatic rings. The van der Waals surface area contributed by atoms with E-state index in [0.717, 1.165) is 18.5 Å². The standard InChI is InChI=1S/C24H29ClN4O2/c25-21-11-4-3-10-20(21)24(31)29-15-13-28(14-16-29)22(18-7-1-2-8-18)23(30)27-17-19-9-5-6-12-26-19/h3-6,9-12,18,22H,1-2,7-8,13-17H2,(H,27,30). The van der Waals surface area contributed by atoms with E-state index in [1.165, 1.54) is 12.8 Å². The van der Waals surface area contributed by atoms with Gasteiger partial charge in [-0.3, -0.25) is 19.5 Å². The van der Waals surface area contributed by atoms with Crippen LogP contribution in [0, 0.1) is 5.92 Å². The van der Waals surface area contributed by atoms with Gasteiger partial charge in [-0.25, -0.2) is 0 Å². The second kappa shape index (κ2) is 10.2. The Bertz CT molecular complexity index is 893. The number of rotatable bonds is 6. The van der Waals surface area contributed by atoms with Crippen molar-refractivity contribution in [1.82, 2.24) is 20.1 Å². The summed E-state index contributed by atoms with van der Waals surface area (Å²) in [5.41, 5.74) is 1.40. The average Bonchev–Trinajstić information content (AvgIpc) is 3.33. The predicted molar refractivity (Wildman–Crippen MR) is 121 cm³/mol. The van der Waals surface area contributed by atoms with Gasteiger partial charge < -0.3 is 10.2 Å². The number of piperazine rings is 1. The maximum Gasteiger partial charge on any atom is 0.255 e. The molecule has 1 aliphatic heterocycles. The zero-order valence-corrected chi connectivity index (χ0v) is 18.4. The maximum absolute atomic E-state index is 13.2. The fourth-order valence-corrected chi connectivity index (χ4v) is 4.96. The summed E-state index contributed by atoms with van der Waals surface area (Å²) >= 11 is 6.21. The summed E-state index contributed by atoms with van der Waals surface area (Å²) in [6.45, 7) is 3.01. The van der Waals surface area contributed by atoms with Crippen molar-refractivity contribution in [2.75, 3.05) is 26.2 Å². The highest BCUT2D eigenvalue weighted by Crippen LogP contribution is 2.31. The van der Waals surface area contributed by atoms with Gasteiger partial charge in [0, 0.05) is 32.4 Å². The molecule has 1 N–H and O–H groups in total. The summed E-state index contributed by atoms with van der Waals surface area (Å²) in [5.74, 6) is 0.403. The normalized spacial score (nSPS) is 18.7. The van der Waals surface area contributed by atoms with E-state index in [-0.39, 0.29) is 17.9 Å². The van der Waals surface area contributed by atoms with Gasteiger partial charge in [0.1, 0.15) is 0 Å². The Morgan fingerprint density at radius 2 is 1.74 bits per heavy atom. The van der Waals surface area contributed by atoms with Crippen molar-refractivity contribution >= 4 is 23.4 Å². The van der Waals surface area contributed by atoms with Gasteiger partial charge in [0.2, 0.25) is 5.91 Å². The molecule has 4 rings (SSSR count). The van der Waals surface area contributed by atoms with E-state index in [0.29, 0.717) is 49.2 Å². The van der Waals surface area contributed by atoms with Crippen LogP contribution in [0.1, 0.15) is 41.7 Å². The van der Waals surface area contributed by atoms with Crippen LogP contribution in [0.5, 0.6) is 0 Å². The van der Waals surface area contributed by atoms with Crippen LogP contribution in [0.2, 0.25) is 5.02 Å². The summed E-state index contributed by atoms with van der Waals surface area (Å²) in [5, 5.41) is 3.58. The average molecular weight is 441 g/mol. The molecule has 1 aromatic carbocycles. The molecule has 2 aliphatic rings. The molecule has 164 valence electrons. The number of carbonyl (C=O) groups is 2. The van der Waals surface area contributed by atoms with E-state index in [1.54, 1.807) is 18.3 Å². The fraction of sp³-hybridized carbons (Fsp3) is 0.458. The molecule has 2 heterocycles. The van der Waals surface area contributed by atoms with Crippen LogP contribution in [-0.4, -0.2) is 58.8 Å². The molecule has 0 bridgehead atoms. The first-order valence-corrected chi connectivity index (χ1v) is 11.5. The molecule has 1 aliphatic carbocycles. The highest BCUT2D eigenvalue weighted by atomic mass is 35.5. The van der Waals surface area contributed by atoms with Crippen LogP contribution in [-0.2, 0) is 11.3 Å². The van der Waals surface area contributed by atoms with Gasteiger partial charge >= 0.3 is 0 Å². The van der Waals surface area contributed by atoms with Gasteiger partial charge in [0.15, 0.2) is 0 Å². The minimum atomic E-state index is -0.149. The summed E-state index contributed by atoms with van der Waals surface area (Å²) in [6.07, 6.45) is 6.27. The molecule has 7 heteroatoms. The largest absolute Gasteiger partial charge is 0.349 e. The summed E-state index contributed by atoms with van der Waals surface area (Å²) < 4.78 is 0. The first kappa shape index (κ1) is 21.8. The lowest BCUT2D eigenvalue weighted by atomic mass is 9.95. The molecule has 1 saturated carbocycles. The van der Waals surface area contributed by atoms with Gasteiger partial charge in [-0.1, -0.05) is 42.6 Å². The zero-order valence-electron chi connectivity index (χ0n) is 17.7. The van der Waals surface area contributed by atoms with Crippen molar-refractivity contribution < 1.29 is 9.59 Å². The highest BCUT2D eigenvalue weighted by molar-refractivity contribution is 6.33. The number of carbonyl (C=O) groups excluding carboxylic acids is 2. The molecule has 1 aromatic heterocycles. The summed E-state index contributed by atoms with van der Waals surface area (Å²) in [7, 11) is 0. The van der Waals surface area contributed by atoms with Crippen molar-refractivity contribution in [3.8, 4) is 0 Å². The third-order valence-corrected chi connectivity index (χ3v) is 6.71. The topological polar surface area (TPSA) is 65.5 Å². The first-order chi connectivity index (χ1) is 15.1. The van der Waals surface area contributed by atoms with Crippen molar-refractivity contribution in [1.29, 1.82) is 0 Å². The van der Waals surface area contributed by atoms with Gasteiger partial charge in [-0.2, -0.15) is 0 Å². The lowest BCUT2D eigenvalue weighted by Gasteiger charge is -2.40. The first-order valence-electron chi connectivity index (χ1n) is 11.1. The van der Waals surface area contributed by atoms with Crippen LogP contribution < -0.4 is 5.32 Å². The number of hydrogen-bond acceptors (Lipinski definition) is 4. The smallest absolute Gasteiger partial charge is 0.255 e. The van der Waals surface area contributed by atoms with E-state index in [1.807, 2.05) is 35.2 Å². The Morgan fingerprint density at radius 3 is 2.42 bits per heavy atom. The van der Waals surface area contributed by atoms with Gasteiger partial charge in [-0.15, -0.1) is 0 Å². The molecule has 6 nitrogen and oxygen atoms in total. The molecular formula is C24H29ClN4O2. The maximum atomic E-state index is 13.2. The lowest BCUT2D eigenvalue weighted by Crippen LogP contribution is -2.57. The molecule has 0 radical (unpaired) electrons. The van der Waals surface area contributed by atoms with E-state index in [4.69, 9.17) is 11.6 Å². The second-order valence-electron chi connectivity index (χ2n) is 8.34. The van der Waals surface area contributed by atoms with Crippen LogP contribution in [0.3, 0.4) is 0 Å². The molecule has 31 heavy (non-hydrogen) atoms. The fourth-order valence-electron chi connectivity index (χ4n) is 4.74. The summed E-state index contributed by atoms with van der Waals surface area (Å²) in [4.78, 5) is 34.5. The Balaban J connectivity index is 1.39. The van der Waals surface area contributed by atoms with Gasteiger partial charge in [-0.05, 0) is 43.0 Å². The van der Waals surface area contributed by atoms with Crippen LogP contribution >= 0.6 is 11.6 Å². The van der Waals surface area contributed by atoms with Crippen molar-refractivity contribution in [3.63, 3.8) is 0 Å². The predicted octanol–water partition coefficient (Wildman–Crippen LogP) is 3.37. The monoisotopic (exact) mass is 440 g/mol. The van der Waals surface area contributed by atoms with E-state index in [9.17, 15) is 9.59 Å². The summed E-state index contributed by atoms with van der Waals surface area (Å²) in [6, 6.07) is 12.7. The van der Waals surface area contributed by atoms with Crippen molar-refractivity contribution in [3.05, 3.63) is 64.9 Å². The number of benzene rings is 1. The van der Waals surface area contributed by atoms with E-state index < -0.39 is 0 Å². The molecule has 1 saturated heterocycles. The zero-order chi connectivity index (χ0) is 21.6. The van der Waals surface area contributed by atoms with Crippen LogP contribution in [0.25, 0.3) is 0 Å². The molecule has 1 atom stereocenters. The molecule has 2 fully saturated rings. The van der Waals surface area contributed by atoms with Gasteiger partial charge in [0.25, 0.3) is 5.91 Å². The van der Waals surface area contributed by atoms with Crippen molar-refractivity contribution in [2.24, 2.45) is 5.92 Å². The SMILES string of the molecule is O=C(NCc1ccccn1)C(C1CCCC1)N1CCN(C(=O)c2ccccc2Cl)CC1. The quantitative estimate of drug-likeness (QED) is 0.747. The minimum Gasteiger partial charge on any atom is -0.349 e. The minimum absolute atomic E-state index is 0.0396. The van der Waals surface area contributed by atoms with Crippen LogP contribution in [0.15, 0.2) is 48.7 Å². The number of halogens is 1. The number of nitrogens with zero attached hydrogens (tertiary/aromatic N) is 3. The molecule has 1 unspecified atom stereocenters. The number of pyridine rings is 1. The third kappa shape index (κ3) is 5.25. The molecule has 2 amide bonds. The van der Waals surface area contributed by atoms with E-state index in [2.05, 4.69) is 15.2 Å². The number of aromatic nitrogens is 1. The highest BCUT2D eigenvalue weighted by Gasteiger charge is 2.37. The Kier molecular flexibility index (Phi) is 7.20. The number of nitrogens with one attached hydrogen (secondary N) is 1. The van der Waals surface area contributed by atoms with Gasteiger partial charge in [0.05, 0.1) is 28.9 Å². The third-order valence-electron chi connectivity index (χ3n) is 6.38. The Hall–Kier alpha value is -2.44. The molecule has 0 spiro atoms. The van der Waals surface area contributed by atoms with E-state index >= 15 is 0 Å². The Labute approximate surface area is 188 Å². The molecular weight excluding hydrogens is 412 g/mol. The van der Waals surface area contributed by atoms with Crippen molar-refractivity contribution in [2.45, 2.75) is 38.3 Å².